The molecule has 0 aliphatic carbocycles. The Balaban J connectivity index is 1.80. The van der Waals surface area contributed by atoms with Crippen molar-refractivity contribution in [2.24, 2.45) is 5.92 Å². The fourth-order valence-corrected chi connectivity index (χ4v) is 11.0. The second-order valence-electron chi connectivity index (χ2n) is 10.1. The molecule has 0 aliphatic rings. The van der Waals surface area contributed by atoms with Crippen molar-refractivity contribution >= 4 is 55.5 Å². The summed E-state index contributed by atoms with van der Waals surface area (Å²) in [6, 6.07) is 26.8. The number of hydrogen-bond acceptors (Lipinski definition) is 2. The first-order valence-corrected chi connectivity index (χ1v) is 16.3. The smallest absolute Gasteiger partial charge is 0.0880 e. The quantitative estimate of drug-likeness (QED) is 0.211. The summed E-state index contributed by atoms with van der Waals surface area (Å²) < 4.78 is 2.76. The molecule has 0 aliphatic heterocycles. The van der Waals surface area contributed by atoms with E-state index >= 15 is 0 Å². The maximum absolute atomic E-state index is 5.00. The van der Waals surface area contributed by atoms with Gasteiger partial charge in [-0.2, -0.15) is 0 Å². The number of fused-ring (bicyclic) bond motifs is 4. The van der Waals surface area contributed by atoms with E-state index in [1.165, 1.54) is 60.2 Å². The molecule has 0 amide bonds. The summed E-state index contributed by atoms with van der Waals surface area (Å²) in [5.41, 5.74) is 3.89. The number of rotatable bonds is 7. The lowest BCUT2D eigenvalue weighted by Crippen LogP contribution is -2.46. The van der Waals surface area contributed by atoms with E-state index in [4.69, 9.17) is 4.98 Å². The van der Waals surface area contributed by atoms with E-state index in [9.17, 15) is 0 Å². The van der Waals surface area contributed by atoms with Crippen LogP contribution in [-0.4, -0.2) is 13.1 Å². The van der Waals surface area contributed by atoms with Crippen molar-refractivity contribution in [2.45, 2.75) is 59.2 Å². The Bertz CT molecular complexity index is 1470. The second kappa shape index (κ2) is 9.28. The highest BCUT2D eigenvalue weighted by Gasteiger charge is 2.31. The van der Waals surface area contributed by atoms with E-state index in [2.05, 4.69) is 95.3 Å². The van der Waals surface area contributed by atoms with Crippen LogP contribution in [0.25, 0.3) is 42.2 Å². The van der Waals surface area contributed by atoms with Gasteiger partial charge in [0.2, 0.25) is 0 Å². The SMILES string of the molecule is CC[Si](CC)(CC)c1cc(-c2nccc3c2sc2c(CC(C)C)cccc23)cc2ccccc12. The van der Waals surface area contributed by atoms with Crippen LogP contribution in [0.1, 0.15) is 40.2 Å². The Morgan fingerprint density at radius 1 is 0.794 bits per heavy atom. The number of pyridine rings is 1. The van der Waals surface area contributed by atoms with Gasteiger partial charge in [0.25, 0.3) is 0 Å². The lowest BCUT2D eigenvalue weighted by atomic mass is 10.0. The van der Waals surface area contributed by atoms with Crippen molar-refractivity contribution in [1.29, 1.82) is 0 Å². The molecule has 0 atom stereocenters. The van der Waals surface area contributed by atoms with Crippen molar-refractivity contribution < 1.29 is 0 Å². The summed E-state index contributed by atoms with van der Waals surface area (Å²) in [5, 5.41) is 7.14. The number of hydrogen-bond donors (Lipinski definition) is 0. The van der Waals surface area contributed by atoms with Crippen LogP contribution in [0.3, 0.4) is 0 Å². The summed E-state index contributed by atoms with van der Waals surface area (Å²) >= 11 is 1.94. The van der Waals surface area contributed by atoms with Crippen molar-refractivity contribution in [2.75, 3.05) is 0 Å². The third-order valence-corrected chi connectivity index (χ3v) is 14.8. The van der Waals surface area contributed by atoms with Gasteiger partial charge >= 0.3 is 0 Å². The van der Waals surface area contributed by atoms with E-state index in [1.54, 1.807) is 5.19 Å². The van der Waals surface area contributed by atoms with Gasteiger partial charge in [-0.15, -0.1) is 11.3 Å². The Morgan fingerprint density at radius 3 is 2.24 bits per heavy atom. The van der Waals surface area contributed by atoms with Gasteiger partial charge in [-0.05, 0) is 40.8 Å². The molecule has 0 unspecified atom stereocenters. The normalized spacial score (nSPS) is 12.4. The first kappa shape index (κ1) is 23.3. The third-order valence-electron chi connectivity index (χ3n) is 7.86. The molecule has 3 heteroatoms. The molecule has 2 aromatic heterocycles. The molecule has 174 valence electrons. The van der Waals surface area contributed by atoms with Gasteiger partial charge in [0.1, 0.15) is 0 Å². The van der Waals surface area contributed by atoms with Gasteiger partial charge in [0.05, 0.1) is 18.5 Å². The van der Waals surface area contributed by atoms with Gasteiger partial charge in [0, 0.05) is 27.2 Å². The van der Waals surface area contributed by atoms with Crippen molar-refractivity contribution in [1.82, 2.24) is 4.98 Å². The molecule has 0 saturated carbocycles. The highest BCUT2D eigenvalue weighted by molar-refractivity contribution is 7.26. The Morgan fingerprint density at radius 2 is 1.50 bits per heavy atom. The Kier molecular flexibility index (Phi) is 6.35. The topological polar surface area (TPSA) is 12.9 Å². The zero-order valence-corrected chi connectivity index (χ0v) is 22.9. The van der Waals surface area contributed by atoms with Crippen LogP contribution < -0.4 is 5.19 Å². The highest BCUT2D eigenvalue weighted by atomic mass is 32.1. The molecule has 5 aromatic rings. The van der Waals surface area contributed by atoms with E-state index in [1.807, 2.05) is 17.5 Å². The van der Waals surface area contributed by atoms with Crippen LogP contribution >= 0.6 is 11.3 Å². The van der Waals surface area contributed by atoms with Gasteiger partial charge in [0.15, 0.2) is 0 Å². The van der Waals surface area contributed by atoms with Crippen molar-refractivity contribution in [3.63, 3.8) is 0 Å². The highest BCUT2D eigenvalue weighted by Crippen LogP contribution is 2.41. The second-order valence-corrected chi connectivity index (χ2v) is 16.4. The molecular weight excluding hydrogens is 447 g/mol. The van der Waals surface area contributed by atoms with Crippen LogP contribution in [0.2, 0.25) is 18.1 Å². The summed E-state index contributed by atoms with van der Waals surface area (Å²) in [5.74, 6) is 0.645. The molecular formula is C31H35NSSi. The molecule has 3 aromatic carbocycles. The fourth-order valence-electron chi connectivity index (χ4n) is 5.80. The lowest BCUT2D eigenvalue weighted by Gasteiger charge is -2.30. The van der Waals surface area contributed by atoms with E-state index < -0.39 is 8.07 Å². The molecule has 0 spiro atoms. The summed E-state index contributed by atoms with van der Waals surface area (Å²) in [7, 11) is -1.57. The minimum atomic E-state index is -1.57. The van der Waals surface area contributed by atoms with Crippen molar-refractivity contribution in [3.05, 3.63) is 72.4 Å². The van der Waals surface area contributed by atoms with Crippen LogP contribution in [0.5, 0.6) is 0 Å². The molecule has 34 heavy (non-hydrogen) atoms. The molecule has 0 radical (unpaired) electrons. The zero-order valence-electron chi connectivity index (χ0n) is 21.1. The van der Waals surface area contributed by atoms with E-state index in [-0.39, 0.29) is 0 Å². The molecule has 0 bridgehead atoms. The average Bonchev–Trinajstić information content (AvgIpc) is 3.25. The number of thiophene rings is 1. The number of nitrogens with zero attached hydrogens (tertiary/aromatic N) is 1. The van der Waals surface area contributed by atoms with Crippen LogP contribution in [0.15, 0.2) is 66.9 Å². The predicted molar refractivity (Wildman–Crippen MR) is 155 cm³/mol. The first-order valence-electron chi connectivity index (χ1n) is 12.8. The Labute approximate surface area is 208 Å². The van der Waals surface area contributed by atoms with Gasteiger partial charge in [-0.1, -0.05) is 106 Å². The molecule has 0 N–H and O–H groups in total. The summed E-state index contributed by atoms with van der Waals surface area (Å²) in [6.07, 6.45) is 3.13. The van der Waals surface area contributed by atoms with E-state index in [0.29, 0.717) is 5.92 Å². The monoisotopic (exact) mass is 481 g/mol. The number of benzene rings is 3. The van der Waals surface area contributed by atoms with E-state index in [0.717, 1.165) is 12.1 Å². The maximum Gasteiger partial charge on any atom is 0.0880 e. The number of aromatic nitrogens is 1. The predicted octanol–water partition coefficient (Wildman–Crippen LogP) is 9.18. The molecule has 0 saturated heterocycles. The largest absolute Gasteiger partial charge is 0.255 e. The zero-order chi connectivity index (χ0) is 23.9. The van der Waals surface area contributed by atoms with Crippen LogP contribution in [0.4, 0.5) is 0 Å². The minimum absolute atomic E-state index is 0.645. The Hall–Kier alpha value is -2.49. The lowest BCUT2D eigenvalue weighted by molar-refractivity contribution is 0.650. The van der Waals surface area contributed by atoms with Crippen LogP contribution in [-0.2, 0) is 6.42 Å². The molecule has 2 heterocycles. The molecule has 1 nitrogen and oxygen atoms in total. The van der Waals surface area contributed by atoms with Gasteiger partial charge in [-0.25, -0.2) is 0 Å². The van der Waals surface area contributed by atoms with Gasteiger partial charge in [-0.3, -0.25) is 4.98 Å². The molecule has 0 fully saturated rings. The summed E-state index contributed by atoms with van der Waals surface area (Å²) in [6.45, 7) is 11.8. The fraction of sp³-hybridized carbons (Fsp3) is 0.323. The standard InChI is InChI=1S/C31H35NSSi/c1-6-34(7-2,8-3)28-20-24(19-22-12-9-10-14-25(22)28)29-31-27(16-17-32-29)26-15-11-13-23(18-21(4)5)30(26)33-31/h9-17,19-21H,6-8,18H2,1-5H3. The minimum Gasteiger partial charge on any atom is -0.255 e. The van der Waals surface area contributed by atoms with Crippen molar-refractivity contribution in [3.8, 4) is 11.3 Å². The van der Waals surface area contributed by atoms with Crippen LogP contribution in [0, 0.1) is 5.92 Å². The summed E-state index contributed by atoms with van der Waals surface area (Å²) in [4.78, 5) is 5.00. The van der Waals surface area contributed by atoms with Gasteiger partial charge < -0.3 is 0 Å². The average molecular weight is 482 g/mol. The molecule has 5 rings (SSSR count). The first-order chi connectivity index (χ1) is 16.5. The third kappa shape index (κ3) is 3.79. The maximum atomic E-state index is 5.00.